The molecule has 0 spiro atoms. The van der Waals surface area contributed by atoms with E-state index in [-0.39, 0.29) is 6.42 Å². The highest BCUT2D eigenvalue weighted by Crippen LogP contribution is 2.61. The topological polar surface area (TPSA) is 80.7 Å². The van der Waals surface area contributed by atoms with Crippen molar-refractivity contribution in [1.29, 1.82) is 0 Å². The van der Waals surface area contributed by atoms with E-state index < -0.39 is 27.9 Å². The van der Waals surface area contributed by atoms with Gasteiger partial charge in [-0.2, -0.15) is 0 Å². The Balaban J connectivity index is 4.63. The molecule has 160 valence electrons. The summed E-state index contributed by atoms with van der Waals surface area (Å²) < 4.78 is 17.2. The van der Waals surface area contributed by atoms with E-state index in [1.54, 1.807) is 13.8 Å². The molecule has 0 rings (SSSR count). The third kappa shape index (κ3) is 9.24. The highest BCUT2D eigenvalue weighted by Gasteiger charge is 2.59. The first-order valence-electron chi connectivity index (χ1n) is 10.1. The Kier molecular flexibility index (Phi) is 14.8. The van der Waals surface area contributed by atoms with Crippen LogP contribution in [0.2, 0.25) is 0 Å². The Hall–Kier alpha value is 0.510. The van der Waals surface area contributed by atoms with Gasteiger partial charge in [0.2, 0.25) is 14.2 Å². The number of carbonyl (C=O) groups excluding carboxylic acids is 2. The van der Waals surface area contributed by atoms with Crippen LogP contribution >= 0.6 is 41.8 Å². The molecule has 0 fully saturated rings. The number of carbonyl (C=O) groups is 2. The molecule has 0 saturated heterocycles. The average Bonchev–Trinajstić information content (AvgIpc) is 2.58. The molecule has 0 aromatic carbocycles. The molecule has 0 saturated carbocycles. The standard InChI is InChI=1S/C19H35ClIO5P/c1-4-6-7-8-9-10-11-12-13-14-15-19(17(20)22,18(21)23)27(24,25)26-16(3)5-2/h16H,4-15H2,1-3H3,(H,24,25). The second-order valence-corrected chi connectivity index (χ2v) is 10.5. The molecule has 0 aliphatic carbocycles. The summed E-state index contributed by atoms with van der Waals surface area (Å²) in [7, 11) is -4.53. The highest BCUT2D eigenvalue weighted by molar-refractivity contribution is 14.1. The Morgan fingerprint density at radius 2 is 1.48 bits per heavy atom. The minimum Gasteiger partial charge on any atom is -0.323 e. The molecule has 1 N–H and O–H groups in total. The van der Waals surface area contributed by atoms with Crippen LogP contribution in [0.15, 0.2) is 0 Å². The third-order valence-corrected chi connectivity index (χ3v) is 8.96. The minimum absolute atomic E-state index is 0.0577. The molecule has 3 atom stereocenters. The molecule has 27 heavy (non-hydrogen) atoms. The van der Waals surface area contributed by atoms with Crippen molar-refractivity contribution in [2.75, 3.05) is 0 Å². The first-order valence-corrected chi connectivity index (χ1v) is 13.1. The molecule has 0 heterocycles. The molecule has 0 bridgehead atoms. The lowest BCUT2D eigenvalue weighted by molar-refractivity contribution is -0.122. The van der Waals surface area contributed by atoms with Crippen LogP contribution in [0.25, 0.3) is 0 Å². The van der Waals surface area contributed by atoms with Gasteiger partial charge in [0.15, 0.2) is 0 Å². The van der Waals surface area contributed by atoms with Gasteiger partial charge in [-0.3, -0.25) is 14.2 Å². The normalized spacial score (nSPS) is 17.1. The van der Waals surface area contributed by atoms with Gasteiger partial charge in [-0.15, -0.1) is 0 Å². The van der Waals surface area contributed by atoms with Crippen LogP contribution in [-0.2, 0) is 18.7 Å². The second-order valence-electron chi connectivity index (χ2n) is 7.18. The van der Waals surface area contributed by atoms with E-state index in [0.29, 0.717) is 12.8 Å². The molecule has 0 aliphatic rings. The smallest absolute Gasteiger partial charge is 0.323 e. The lowest BCUT2D eigenvalue weighted by atomic mass is 10.0. The summed E-state index contributed by atoms with van der Waals surface area (Å²) in [5.74, 6) is 0. The SMILES string of the molecule is CCCCCCCCCCCCC(C(=O)Cl)(C(=O)I)P(=O)(O)OC(C)CC. The number of hydrogen-bond donors (Lipinski definition) is 1. The summed E-state index contributed by atoms with van der Waals surface area (Å²) in [5.41, 5.74) is 0. The van der Waals surface area contributed by atoms with E-state index in [9.17, 15) is 19.0 Å². The van der Waals surface area contributed by atoms with Gasteiger partial charge in [0.1, 0.15) is 0 Å². The number of hydrogen-bond acceptors (Lipinski definition) is 4. The van der Waals surface area contributed by atoms with Gasteiger partial charge in [-0.1, -0.05) is 78.1 Å². The van der Waals surface area contributed by atoms with E-state index in [2.05, 4.69) is 6.92 Å². The van der Waals surface area contributed by atoms with Crippen LogP contribution in [0, 0.1) is 0 Å². The monoisotopic (exact) mass is 536 g/mol. The van der Waals surface area contributed by atoms with E-state index in [1.165, 1.54) is 61.1 Å². The molecule has 0 aliphatic heterocycles. The average molecular weight is 537 g/mol. The van der Waals surface area contributed by atoms with Crippen LogP contribution in [0.4, 0.5) is 0 Å². The molecule has 5 nitrogen and oxygen atoms in total. The molecule has 8 heteroatoms. The molecule has 0 aromatic heterocycles. The molecular weight excluding hydrogens is 502 g/mol. The Morgan fingerprint density at radius 1 is 1.04 bits per heavy atom. The number of unbranched alkanes of at least 4 members (excludes halogenated alkanes) is 9. The minimum atomic E-state index is -4.53. The van der Waals surface area contributed by atoms with Crippen LogP contribution in [0.5, 0.6) is 0 Å². The number of rotatable bonds is 17. The van der Waals surface area contributed by atoms with Crippen LogP contribution < -0.4 is 0 Å². The zero-order chi connectivity index (χ0) is 20.9. The van der Waals surface area contributed by atoms with E-state index in [1.807, 2.05) is 0 Å². The fourth-order valence-electron chi connectivity index (χ4n) is 2.91. The summed E-state index contributed by atoms with van der Waals surface area (Å²) in [6.07, 6.45) is 10.7. The van der Waals surface area contributed by atoms with Crippen molar-refractivity contribution in [2.24, 2.45) is 0 Å². The highest BCUT2D eigenvalue weighted by atomic mass is 127. The largest absolute Gasteiger partial charge is 0.351 e. The van der Waals surface area contributed by atoms with Gasteiger partial charge in [-0.05, 0) is 31.4 Å². The second kappa shape index (κ2) is 14.5. The number of halogens is 2. The molecule has 0 radical (unpaired) electrons. The fraction of sp³-hybridized carbons (Fsp3) is 0.895. The maximum atomic E-state index is 12.8. The molecule has 0 amide bonds. The van der Waals surface area contributed by atoms with E-state index in [0.717, 1.165) is 19.3 Å². The first kappa shape index (κ1) is 27.5. The van der Waals surface area contributed by atoms with Gasteiger partial charge in [0, 0.05) is 22.6 Å². The summed E-state index contributed by atoms with van der Waals surface area (Å²) in [5, 5.41) is -3.27. The summed E-state index contributed by atoms with van der Waals surface area (Å²) >= 11 is 7.04. The van der Waals surface area contributed by atoms with Crippen LogP contribution in [0.1, 0.15) is 97.8 Å². The quantitative estimate of drug-likeness (QED) is 0.0730. The predicted octanol–water partition coefficient (Wildman–Crippen LogP) is 6.76. The Bertz CT molecular complexity index is 486. The predicted molar refractivity (Wildman–Crippen MR) is 120 cm³/mol. The third-order valence-electron chi connectivity index (χ3n) is 4.92. The van der Waals surface area contributed by atoms with Crippen molar-refractivity contribution < 1.29 is 23.6 Å². The summed E-state index contributed by atoms with van der Waals surface area (Å²) in [6, 6.07) is 0. The summed E-state index contributed by atoms with van der Waals surface area (Å²) in [4.78, 5) is 34.6. The van der Waals surface area contributed by atoms with Crippen molar-refractivity contribution in [3.8, 4) is 0 Å². The van der Waals surface area contributed by atoms with Crippen molar-refractivity contribution >= 4 is 50.8 Å². The first-order chi connectivity index (χ1) is 12.7. The molecular formula is C19H35ClIO5P. The van der Waals surface area contributed by atoms with Gasteiger partial charge in [0.25, 0.3) is 0 Å². The molecule has 3 unspecified atom stereocenters. The van der Waals surface area contributed by atoms with Crippen LogP contribution in [-0.4, -0.2) is 25.2 Å². The molecule has 0 aromatic rings. The lowest BCUT2D eigenvalue weighted by Gasteiger charge is -2.31. The van der Waals surface area contributed by atoms with E-state index >= 15 is 0 Å². The maximum Gasteiger partial charge on any atom is 0.351 e. The van der Waals surface area contributed by atoms with Crippen LogP contribution in [0.3, 0.4) is 0 Å². The van der Waals surface area contributed by atoms with Crippen molar-refractivity contribution in [3.05, 3.63) is 0 Å². The van der Waals surface area contributed by atoms with E-state index in [4.69, 9.17) is 16.1 Å². The maximum absolute atomic E-state index is 12.8. The Labute approximate surface area is 183 Å². The zero-order valence-corrected chi connectivity index (χ0v) is 20.7. The van der Waals surface area contributed by atoms with Gasteiger partial charge >= 0.3 is 7.60 Å². The van der Waals surface area contributed by atoms with Crippen molar-refractivity contribution in [2.45, 2.75) is 109 Å². The summed E-state index contributed by atoms with van der Waals surface area (Å²) in [6.45, 7) is 5.62. The van der Waals surface area contributed by atoms with Gasteiger partial charge in [0.05, 0.1) is 6.10 Å². The zero-order valence-electron chi connectivity index (χ0n) is 16.8. The van der Waals surface area contributed by atoms with Gasteiger partial charge in [-0.25, -0.2) is 0 Å². The van der Waals surface area contributed by atoms with Gasteiger partial charge < -0.3 is 9.42 Å². The van der Waals surface area contributed by atoms with Crippen molar-refractivity contribution in [1.82, 2.24) is 0 Å². The van der Waals surface area contributed by atoms with Crippen molar-refractivity contribution in [3.63, 3.8) is 0 Å². The Morgan fingerprint density at radius 3 is 1.85 bits per heavy atom. The lowest BCUT2D eigenvalue weighted by Crippen LogP contribution is -2.42. The fourth-order valence-corrected chi connectivity index (χ4v) is 6.71.